The van der Waals surface area contributed by atoms with Gasteiger partial charge in [-0.05, 0) is 12.1 Å². The van der Waals surface area contributed by atoms with Crippen molar-refractivity contribution in [1.82, 2.24) is 10.3 Å². The SMILES string of the molecule is Cl.Fc1ccc2c(N3CCNCC3)c(Cl)cnc2c1. The first kappa shape index (κ1) is 14.3. The predicted octanol–water partition coefficient (Wildman–Crippen LogP) is 2.86. The summed E-state index contributed by atoms with van der Waals surface area (Å²) in [6, 6.07) is 4.64. The van der Waals surface area contributed by atoms with Gasteiger partial charge in [0.25, 0.3) is 0 Å². The predicted molar refractivity (Wildman–Crippen MR) is 79.0 cm³/mol. The summed E-state index contributed by atoms with van der Waals surface area (Å²) in [5.74, 6) is -0.274. The first-order chi connectivity index (χ1) is 8.75. The number of nitrogens with one attached hydrogen (secondary N) is 1. The van der Waals surface area contributed by atoms with Gasteiger partial charge in [-0.15, -0.1) is 12.4 Å². The Balaban J connectivity index is 0.00000133. The number of anilines is 1. The monoisotopic (exact) mass is 301 g/mol. The number of hydrogen-bond donors (Lipinski definition) is 1. The number of piperazine rings is 1. The van der Waals surface area contributed by atoms with Crippen LogP contribution in [0.5, 0.6) is 0 Å². The minimum absolute atomic E-state index is 0. The summed E-state index contributed by atoms with van der Waals surface area (Å²) >= 11 is 6.26. The third-order valence-corrected chi connectivity index (χ3v) is 3.47. The quantitative estimate of drug-likeness (QED) is 0.878. The lowest BCUT2D eigenvalue weighted by Gasteiger charge is -2.31. The minimum Gasteiger partial charge on any atom is -0.367 e. The second kappa shape index (κ2) is 5.90. The van der Waals surface area contributed by atoms with Crippen LogP contribution in [0.2, 0.25) is 5.02 Å². The van der Waals surface area contributed by atoms with E-state index < -0.39 is 0 Å². The largest absolute Gasteiger partial charge is 0.367 e. The van der Waals surface area contributed by atoms with Gasteiger partial charge in [-0.25, -0.2) is 4.39 Å². The highest BCUT2D eigenvalue weighted by Crippen LogP contribution is 2.33. The molecule has 0 bridgehead atoms. The molecule has 0 saturated carbocycles. The molecule has 1 aromatic heterocycles. The Hall–Kier alpha value is -1.10. The summed E-state index contributed by atoms with van der Waals surface area (Å²) in [5.41, 5.74) is 1.61. The Bertz CT molecular complexity index is 585. The van der Waals surface area contributed by atoms with Crippen molar-refractivity contribution in [1.29, 1.82) is 0 Å². The lowest BCUT2D eigenvalue weighted by molar-refractivity contribution is 0.590. The second-order valence-corrected chi connectivity index (χ2v) is 4.76. The Labute approximate surface area is 122 Å². The first-order valence-corrected chi connectivity index (χ1v) is 6.33. The zero-order valence-electron chi connectivity index (χ0n) is 10.2. The summed E-state index contributed by atoms with van der Waals surface area (Å²) in [7, 11) is 0. The van der Waals surface area contributed by atoms with Crippen molar-refractivity contribution in [2.75, 3.05) is 31.1 Å². The van der Waals surface area contributed by atoms with Gasteiger partial charge in [0, 0.05) is 43.8 Å². The highest BCUT2D eigenvalue weighted by atomic mass is 35.5. The molecule has 102 valence electrons. The molecule has 1 N–H and O–H groups in total. The van der Waals surface area contributed by atoms with Crippen molar-refractivity contribution in [3.05, 3.63) is 35.2 Å². The number of benzene rings is 1. The molecule has 1 aliphatic rings. The van der Waals surface area contributed by atoms with E-state index in [9.17, 15) is 4.39 Å². The normalized spacial score (nSPS) is 15.4. The van der Waals surface area contributed by atoms with Crippen molar-refractivity contribution < 1.29 is 4.39 Å². The van der Waals surface area contributed by atoms with Crippen LogP contribution >= 0.6 is 24.0 Å². The maximum absolute atomic E-state index is 13.2. The minimum atomic E-state index is -0.274. The molecule has 3 rings (SSSR count). The zero-order chi connectivity index (χ0) is 12.5. The van der Waals surface area contributed by atoms with Crippen LogP contribution in [0.3, 0.4) is 0 Å². The molecule has 0 spiro atoms. The highest BCUT2D eigenvalue weighted by Gasteiger charge is 2.17. The smallest absolute Gasteiger partial charge is 0.125 e. The van der Waals surface area contributed by atoms with Gasteiger partial charge in [-0.2, -0.15) is 0 Å². The van der Waals surface area contributed by atoms with Gasteiger partial charge >= 0.3 is 0 Å². The van der Waals surface area contributed by atoms with Gasteiger partial charge in [-0.1, -0.05) is 11.6 Å². The lowest BCUT2D eigenvalue weighted by atomic mass is 10.1. The van der Waals surface area contributed by atoms with Crippen molar-refractivity contribution >= 4 is 40.6 Å². The van der Waals surface area contributed by atoms with Crippen LogP contribution in [-0.4, -0.2) is 31.2 Å². The van der Waals surface area contributed by atoms with E-state index in [1.54, 1.807) is 12.3 Å². The lowest BCUT2D eigenvalue weighted by Crippen LogP contribution is -2.43. The van der Waals surface area contributed by atoms with Crippen LogP contribution in [-0.2, 0) is 0 Å². The first-order valence-electron chi connectivity index (χ1n) is 5.95. The van der Waals surface area contributed by atoms with Crippen molar-refractivity contribution in [2.24, 2.45) is 0 Å². The molecule has 2 heterocycles. The van der Waals surface area contributed by atoms with Crippen LogP contribution < -0.4 is 10.2 Å². The average molecular weight is 302 g/mol. The molecule has 0 amide bonds. The molecular weight excluding hydrogens is 288 g/mol. The van der Waals surface area contributed by atoms with Crippen LogP contribution in [0.1, 0.15) is 0 Å². The highest BCUT2D eigenvalue weighted by molar-refractivity contribution is 6.34. The maximum Gasteiger partial charge on any atom is 0.125 e. The number of pyridine rings is 1. The fourth-order valence-corrected chi connectivity index (χ4v) is 2.61. The molecule has 0 aliphatic carbocycles. The van der Waals surface area contributed by atoms with E-state index in [4.69, 9.17) is 11.6 Å². The van der Waals surface area contributed by atoms with E-state index in [0.717, 1.165) is 37.3 Å². The van der Waals surface area contributed by atoms with Gasteiger partial charge in [0.2, 0.25) is 0 Å². The molecule has 0 radical (unpaired) electrons. The molecule has 3 nitrogen and oxygen atoms in total. The fraction of sp³-hybridized carbons (Fsp3) is 0.308. The molecule has 19 heavy (non-hydrogen) atoms. The maximum atomic E-state index is 13.2. The Morgan fingerprint density at radius 2 is 2.00 bits per heavy atom. The van der Waals surface area contributed by atoms with E-state index >= 15 is 0 Å². The standard InChI is InChI=1S/C13H13ClFN3.ClH/c14-11-8-17-12-7-9(15)1-2-10(12)13(11)18-5-3-16-4-6-18;/h1-2,7-8,16H,3-6H2;1H. The number of hydrogen-bond acceptors (Lipinski definition) is 3. The topological polar surface area (TPSA) is 28.2 Å². The second-order valence-electron chi connectivity index (χ2n) is 4.35. The van der Waals surface area contributed by atoms with E-state index in [2.05, 4.69) is 15.2 Å². The fourth-order valence-electron chi connectivity index (χ4n) is 2.34. The summed E-state index contributed by atoms with van der Waals surface area (Å²) in [6.45, 7) is 3.66. The van der Waals surface area contributed by atoms with Crippen LogP contribution in [0.15, 0.2) is 24.4 Å². The molecule has 1 aromatic carbocycles. The summed E-state index contributed by atoms with van der Waals surface area (Å²) in [4.78, 5) is 6.41. The van der Waals surface area contributed by atoms with Gasteiger partial charge in [0.05, 0.1) is 16.2 Å². The molecule has 0 unspecified atom stereocenters. The van der Waals surface area contributed by atoms with Crippen molar-refractivity contribution in [2.45, 2.75) is 0 Å². The molecule has 1 aliphatic heterocycles. The van der Waals surface area contributed by atoms with E-state index in [-0.39, 0.29) is 18.2 Å². The van der Waals surface area contributed by atoms with Crippen molar-refractivity contribution in [3.63, 3.8) is 0 Å². The molecule has 2 aromatic rings. The summed E-state index contributed by atoms with van der Waals surface area (Å²) in [6.07, 6.45) is 1.60. The van der Waals surface area contributed by atoms with Gasteiger partial charge in [0.15, 0.2) is 0 Å². The zero-order valence-corrected chi connectivity index (χ0v) is 11.8. The Morgan fingerprint density at radius 3 is 2.74 bits per heavy atom. The number of nitrogens with zero attached hydrogens (tertiary/aromatic N) is 2. The van der Waals surface area contributed by atoms with E-state index in [1.165, 1.54) is 12.1 Å². The number of aromatic nitrogens is 1. The third-order valence-electron chi connectivity index (χ3n) is 3.19. The van der Waals surface area contributed by atoms with E-state index in [0.29, 0.717) is 10.5 Å². The average Bonchev–Trinajstić information content (AvgIpc) is 2.40. The molecule has 0 atom stereocenters. The number of fused-ring (bicyclic) bond motifs is 1. The van der Waals surface area contributed by atoms with Gasteiger partial charge in [0.1, 0.15) is 5.82 Å². The van der Waals surface area contributed by atoms with Crippen molar-refractivity contribution in [3.8, 4) is 0 Å². The number of halogens is 3. The Kier molecular flexibility index (Phi) is 4.45. The Morgan fingerprint density at radius 1 is 1.26 bits per heavy atom. The molecule has 1 fully saturated rings. The summed E-state index contributed by atoms with van der Waals surface area (Å²) < 4.78 is 13.2. The van der Waals surface area contributed by atoms with Gasteiger partial charge in [-0.3, -0.25) is 4.98 Å². The molecular formula is C13H14Cl2FN3. The van der Waals surface area contributed by atoms with Crippen LogP contribution in [0, 0.1) is 5.82 Å². The van der Waals surface area contributed by atoms with Gasteiger partial charge < -0.3 is 10.2 Å². The van der Waals surface area contributed by atoms with E-state index in [1.807, 2.05) is 0 Å². The van der Waals surface area contributed by atoms with Crippen LogP contribution in [0.25, 0.3) is 10.9 Å². The third kappa shape index (κ3) is 2.76. The summed E-state index contributed by atoms with van der Waals surface area (Å²) in [5, 5.41) is 4.83. The molecule has 1 saturated heterocycles. The molecule has 6 heteroatoms. The van der Waals surface area contributed by atoms with Crippen LogP contribution in [0.4, 0.5) is 10.1 Å². The number of rotatable bonds is 1.